The lowest BCUT2D eigenvalue weighted by atomic mass is 10.0. The number of benzene rings is 2. The molecule has 0 aliphatic carbocycles. The van der Waals surface area contributed by atoms with Crippen molar-refractivity contribution in [3.05, 3.63) is 41.4 Å². The Morgan fingerprint density at radius 3 is 2.73 bits per heavy atom. The molecule has 0 saturated heterocycles. The fourth-order valence-electron chi connectivity index (χ4n) is 3.02. The van der Waals surface area contributed by atoms with Crippen molar-refractivity contribution < 1.29 is 14.6 Å². The third-order valence-corrected chi connectivity index (χ3v) is 4.64. The number of methoxy groups -OCH3 is 1. The molecular formula is C20H21ClN2O3. The van der Waals surface area contributed by atoms with Crippen LogP contribution >= 0.6 is 11.6 Å². The molecule has 6 heteroatoms. The van der Waals surface area contributed by atoms with E-state index < -0.39 is 12.0 Å². The number of carboxylic acids is 1. The van der Waals surface area contributed by atoms with E-state index in [-0.39, 0.29) is 0 Å². The first-order valence-corrected chi connectivity index (χ1v) is 8.97. The van der Waals surface area contributed by atoms with Crippen molar-refractivity contribution in [3.8, 4) is 5.75 Å². The van der Waals surface area contributed by atoms with Crippen LogP contribution in [0.4, 0.5) is 5.69 Å². The number of aromatic nitrogens is 1. The van der Waals surface area contributed by atoms with E-state index in [0.29, 0.717) is 17.2 Å². The van der Waals surface area contributed by atoms with E-state index in [2.05, 4.69) is 10.3 Å². The highest BCUT2D eigenvalue weighted by Crippen LogP contribution is 2.35. The van der Waals surface area contributed by atoms with E-state index in [9.17, 15) is 9.90 Å². The van der Waals surface area contributed by atoms with Gasteiger partial charge in [0.2, 0.25) is 0 Å². The number of ether oxygens (including phenoxy) is 1. The molecule has 0 spiro atoms. The van der Waals surface area contributed by atoms with Crippen molar-refractivity contribution in [2.24, 2.45) is 0 Å². The zero-order valence-electron chi connectivity index (χ0n) is 14.8. The Hall–Kier alpha value is -2.53. The van der Waals surface area contributed by atoms with Crippen molar-refractivity contribution in [2.45, 2.75) is 32.2 Å². The first kappa shape index (κ1) is 18.3. The molecule has 0 fully saturated rings. The molecule has 3 rings (SSSR count). The summed E-state index contributed by atoms with van der Waals surface area (Å²) in [5, 5.41) is 15.1. The molecule has 0 unspecified atom stereocenters. The Labute approximate surface area is 156 Å². The summed E-state index contributed by atoms with van der Waals surface area (Å²) in [5.41, 5.74) is 2.21. The lowest BCUT2D eigenvalue weighted by Gasteiger charge is -2.19. The minimum Gasteiger partial charge on any atom is -0.497 e. The summed E-state index contributed by atoms with van der Waals surface area (Å²) in [6.45, 7) is 2.04. The number of hydrogen-bond acceptors (Lipinski definition) is 4. The maximum atomic E-state index is 11.7. The fourth-order valence-corrected chi connectivity index (χ4v) is 3.19. The van der Waals surface area contributed by atoms with Crippen LogP contribution in [0.1, 0.15) is 26.2 Å². The number of anilines is 1. The number of fused-ring (bicyclic) bond motifs is 2. The van der Waals surface area contributed by atoms with Gasteiger partial charge in [0.05, 0.1) is 23.8 Å². The largest absolute Gasteiger partial charge is 0.497 e. The Morgan fingerprint density at radius 2 is 2.04 bits per heavy atom. The van der Waals surface area contributed by atoms with Gasteiger partial charge in [-0.3, -0.25) is 0 Å². The average Bonchev–Trinajstić information content (AvgIpc) is 2.63. The lowest BCUT2D eigenvalue weighted by molar-refractivity contribution is -0.138. The topological polar surface area (TPSA) is 71.5 Å². The zero-order valence-corrected chi connectivity index (χ0v) is 15.5. The van der Waals surface area contributed by atoms with E-state index in [1.54, 1.807) is 19.2 Å². The predicted molar refractivity (Wildman–Crippen MR) is 105 cm³/mol. The summed E-state index contributed by atoms with van der Waals surface area (Å²) in [6, 6.07) is 10.3. The minimum atomic E-state index is -0.867. The molecule has 0 radical (unpaired) electrons. The number of hydrogen-bond donors (Lipinski definition) is 2. The molecule has 0 bridgehead atoms. The molecule has 5 nitrogen and oxygen atoms in total. The molecule has 0 amide bonds. The van der Waals surface area contributed by atoms with Crippen molar-refractivity contribution in [1.82, 2.24) is 4.98 Å². The standard InChI is InChI=1S/C20H21ClN2O3/c1-3-4-5-17(20(24)25)23-19-14-8-6-12(21)10-18(14)22-16-9-7-13(26-2)11-15(16)19/h6-11,17H,3-5H2,1-2H3,(H,22,23)(H,24,25)/t17-/m0/s1. The number of nitrogens with zero attached hydrogens (tertiary/aromatic N) is 1. The molecule has 0 aliphatic rings. The van der Waals surface area contributed by atoms with E-state index in [0.717, 1.165) is 40.3 Å². The zero-order chi connectivity index (χ0) is 18.7. The van der Waals surface area contributed by atoms with Gasteiger partial charge in [0.1, 0.15) is 11.8 Å². The van der Waals surface area contributed by atoms with Crippen molar-refractivity contribution in [2.75, 3.05) is 12.4 Å². The normalized spacial score (nSPS) is 12.3. The smallest absolute Gasteiger partial charge is 0.326 e. The van der Waals surface area contributed by atoms with Crippen LogP contribution in [-0.4, -0.2) is 29.2 Å². The maximum absolute atomic E-state index is 11.7. The van der Waals surface area contributed by atoms with Crippen molar-refractivity contribution in [1.29, 1.82) is 0 Å². The molecule has 2 aromatic carbocycles. The molecule has 26 heavy (non-hydrogen) atoms. The third-order valence-electron chi connectivity index (χ3n) is 4.41. The van der Waals surface area contributed by atoms with Gasteiger partial charge < -0.3 is 15.2 Å². The van der Waals surface area contributed by atoms with Crippen LogP contribution in [0, 0.1) is 0 Å². The van der Waals surface area contributed by atoms with Crippen LogP contribution in [-0.2, 0) is 4.79 Å². The van der Waals surface area contributed by atoms with E-state index >= 15 is 0 Å². The van der Waals surface area contributed by atoms with Gasteiger partial charge in [-0.1, -0.05) is 31.4 Å². The molecule has 3 aromatic rings. The van der Waals surface area contributed by atoms with E-state index in [1.165, 1.54) is 0 Å². The molecule has 1 heterocycles. The highest BCUT2D eigenvalue weighted by molar-refractivity contribution is 6.31. The second kappa shape index (κ2) is 7.79. The average molecular weight is 373 g/mol. The van der Waals surface area contributed by atoms with E-state index in [1.807, 2.05) is 31.2 Å². The van der Waals surface area contributed by atoms with E-state index in [4.69, 9.17) is 16.3 Å². The number of nitrogens with one attached hydrogen (secondary N) is 1. The maximum Gasteiger partial charge on any atom is 0.326 e. The minimum absolute atomic E-state index is 0.550. The van der Waals surface area contributed by atoms with Crippen LogP contribution < -0.4 is 10.1 Å². The molecule has 1 aromatic heterocycles. The van der Waals surface area contributed by atoms with Gasteiger partial charge in [-0.2, -0.15) is 0 Å². The van der Waals surface area contributed by atoms with Crippen LogP contribution in [0.2, 0.25) is 5.02 Å². The number of carbonyl (C=O) groups is 1. The van der Waals surface area contributed by atoms with Gasteiger partial charge in [-0.25, -0.2) is 9.78 Å². The predicted octanol–water partition coefficient (Wildman–Crippen LogP) is 5.11. The Morgan fingerprint density at radius 1 is 1.23 bits per heavy atom. The monoisotopic (exact) mass is 372 g/mol. The highest BCUT2D eigenvalue weighted by Gasteiger charge is 2.20. The number of carboxylic acid groups (broad SMARTS) is 1. The fraction of sp³-hybridized carbons (Fsp3) is 0.300. The van der Waals surface area contributed by atoms with Crippen molar-refractivity contribution in [3.63, 3.8) is 0 Å². The Bertz CT molecular complexity index is 959. The SMILES string of the molecule is CCCC[C@H](Nc1c2ccc(Cl)cc2nc2ccc(OC)cc12)C(=O)O. The third kappa shape index (κ3) is 3.68. The van der Waals surface area contributed by atoms with Gasteiger partial charge in [0.25, 0.3) is 0 Å². The molecule has 136 valence electrons. The molecule has 1 atom stereocenters. The number of pyridine rings is 1. The highest BCUT2D eigenvalue weighted by atomic mass is 35.5. The summed E-state index contributed by atoms with van der Waals surface area (Å²) >= 11 is 6.12. The second-order valence-corrected chi connectivity index (χ2v) is 6.65. The van der Waals surface area contributed by atoms with Crippen LogP contribution in [0.3, 0.4) is 0 Å². The van der Waals surface area contributed by atoms with Gasteiger partial charge in [-0.15, -0.1) is 0 Å². The number of unbranched alkanes of at least 4 members (excludes halogenated alkanes) is 1. The van der Waals surface area contributed by atoms with Crippen LogP contribution in [0.15, 0.2) is 36.4 Å². The first-order valence-electron chi connectivity index (χ1n) is 8.60. The van der Waals surface area contributed by atoms with Gasteiger partial charge in [0, 0.05) is 15.8 Å². The number of aliphatic carboxylic acids is 1. The Kier molecular flexibility index (Phi) is 5.47. The van der Waals surface area contributed by atoms with Gasteiger partial charge in [-0.05, 0) is 42.8 Å². The number of halogens is 1. The van der Waals surface area contributed by atoms with Gasteiger partial charge >= 0.3 is 5.97 Å². The molecule has 0 aliphatic heterocycles. The summed E-state index contributed by atoms with van der Waals surface area (Å²) in [4.78, 5) is 16.4. The summed E-state index contributed by atoms with van der Waals surface area (Å²) in [6.07, 6.45) is 2.32. The quantitative estimate of drug-likeness (QED) is 0.564. The summed E-state index contributed by atoms with van der Waals surface area (Å²) < 4.78 is 5.33. The summed E-state index contributed by atoms with van der Waals surface area (Å²) in [7, 11) is 1.60. The van der Waals surface area contributed by atoms with Crippen LogP contribution in [0.5, 0.6) is 5.75 Å². The molecule has 0 saturated carbocycles. The Balaban J connectivity index is 2.21. The first-order chi connectivity index (χ1) is 12.5. The number of rotatable bonds is 7. The lowest BCUT2D eigenvalue weighted by Crippen LogP contribution is -2.29. The van der Waals surface area contributed by atoms with Crippen molar-refractivity contribution >= 4 is 45.1 Å². The molecular weight excluding hydrogens is 352 g/mol. The van der Waals surface area contributed by atoms with Crippen LogP contribution in [0.25, 0.3) is 21.8 Å². The summed E-state index contributed by atoms with van der Waals surface area (Å²) in [5.74, 6) is -0.176. The van der Waals surface area contributed by atoms with Gasteiger partial charge in [0.15, 0.2) is 0 Å². The second-order valence-electron chi connectivity index (χ2n) is 6.21. The molecule has 2 N–H and O–H groups in total.